The topological polar surface area (TPSA) is 112 Å². The predicted octanol–water partition coefficient (Wildman–Crippen LogP) is 1.09. The minimum atomic E-state index is -3.19. The van der Waals surface area contributed by atoms with E-state index in [4.69, 9.17) is 0 Å². The van der Waals surface area contributed by atoms with E-state index in [0.717, 1.165) is 12.5 Å². The highest BCUT2D eigenvalue weighted by Gasteiger charge is 2.33. The van der Waals surface area contributed by atoms with Crippen molar-refractivity contribution in [3.05, 3.63) is 29.3 Å². The molecule has 1 aliphatic heterocycles. The molecule has 3 heterocycles. The molecular weight excluding hydrogens is 387 g/mol. The van der Waals surface area contributed by atoms with Crippen molar-refractivity contribution in [3.8, 4) is 0 Å². The second kappa shape index (κ2) is 7.50. The number of hydrogen-bond acceptors (Lipinski definition) is 5. The third kappa shape index (κ3) is 4.01. The summed E-state index contributed by atoms with van der Waals surface area (Å²) in [4.78, 5) is 33.7. The summed E-state index contributed by atoms with van der Waals surface area (Å²) >= 11 is 0. The van der Waals surface area contributed by atoms with Gasteiger partial charge in [0.25, 0.3) is 5.91 Å². The van der Waals surface area contributed by atoms with Crippen LogP contribution in [-0.2, 0) is 21.2 Å². The zero-order chi connectivity index (χ0) is 20.6. The number of sulfone groups is 1. The number of amides is 2. The lowest BCUT2D eigenvalue weighted by molar-refractivity contribution is -0.126. The molecule has 8 nitrogen and oxygen atoms in total. The number of carbonyl (C=O) groups is 2. The van der Waals surface area contributed by atoms with E-state index in [9.17, 15) is 22.4 Å². The highest BCUT2D eigenvalue weighted by Crippen LogP contribution is 2.31. The van der Waals surface area contributed by atoms with Gasteiger partial charge >= 0.3 is 0 Å². The standard InChI is InChI=1S/C18H23FN4O4S/c1-10(2)12(17(24)20-4-5-28(3,26)27)8-23-9-13-14(19)7-22-16-15(13)11(6-21-16)18(23)25/h6-7,10,12H,4-5,8-9H2,1-3H3,(H,20,24)(H,21,22)/t12-/m1/s1. The Hall–Kier alpha value is -2.49. The van der Waals surface area contributed by atoms with Crippen molar-refractivity contribution in [1.82, 2.24) is 20.2 Å². The van der Waals surface area contributed by atoms with Crippen LogP contribution in [0.3, 0.4) is 0 Å². The molecule has 2 N–H and O–H groups in total. The highest BCUT2D eigenvalue weighted by atomic mass is 32.2. The van der Waals surface area contributed by atoms with Crippen molar-refractivity contribution < 1.29 is 22.4 Å². The van der Waals surface area contributed by atoms with Crippen LogP contribution in [0.15, 0.2) is 12.4 Å². The van der Waals surface area contributed by atoms with Gasteiger partial charge in [-0.15, -0.1) is 0 Å². The second-order valence-electron chi connectivity index (χ2n) is 7.47. The van der Waals surface area contributed by atoms with E-state index in [0.29, 0.717) is 22.2 Å². The van der Waals surface area contributed by atoms with Crippen LogP contribution in [0.4, 0.5) is 4.39 Å². The van der Waals surface area contributed by atoms with Gasteiger partial charge in [0.05, 0.1) is 23.4 Å². The van der Waals surface area contributed by atoms with Gasteiger partial charge in [0.2, 0.25) is 5.91 Å². The van der Waals surface area contributed by atoms with Gasteiger partial charge in [0.15, 0.2) is 0 Å². The Morgan fingerprint density at radius 3 is 2.79 bits per heavy atom. The molecule has 10 heteroatoms. The van der Waals surface area contributed by atoms with E-state index in [1.54, 1.807) is 0 Å². The Labute approximate surface area is 162 Å². The maximum atomic E-state index is 14.3. The third-order valence-corrected chi connectivity index (χ3v) is 5.90. The predicted molar refractivity (Wildman–Crippen MR) is 102 cm³/mol. The summed E-state index contributed by atoms with van der Waals surface area (Å²) in [5, 5.41) is 3.11. The summed E-state index contributed by atoms with van der Waals surface area (Å²) in [6.45, 7) is 3.87. The Kier molecular flexibility index (Phi) is 5.42. The minimum Gasteiger partial charge on any atom is -0.355 e. The summed E-state index contributed by atoms with van der Waals surface area (Å²) in [5.41, 5.74) is 1.17. The summed E-state index contributed by atoms with van der Waals surface area (Å²) in [6.07, 6.45) is 3.72. The van der Waals surface area contributed by atoms with Gasteiger partial charge in [-0.05, 0) is 5.92 Å². The molecule has 0 saturated heterocycles. The van der Waals surface area contributed by atoms with Crippen molar-refractivity contribution in [3.63, 3.8) is 0 Å². The van der Waals surface area contributed by atoms with Gasteiger partial charge in [-0.3, -0.25) is 9.59 Å². The highest BCUT2D eigenvalue weighted by molar-refractivity contribution is 7.90. The lowest BCUT2D eigenvalue weighted by Gasteiger charge is -2.31. The van der Waals surface area contributed by atoms with Crippen molar-refractivity contribution in [2.45, 2.75) is 20.4 Å². The lowest BCUT2D eigenvalue weighted by atomic mass is 9.92. The molecule has 152 valence electrons. The Morgan fingerprint density at radius 1 is 1.43 bits per heavy atom. The molecule has 0 saturated carbocycles. The van der Waals surface area contributed by atoms with Crippen LogP contribution in [-0.4, -0.2) is 60.2 Å². The molecule has 3 rings (SSSR count). The first kappa shape index (κ1) is 20.2. The fourth-order valence-electron chi connectivity index (χ4n) is 3.37. The van der Waals surface area contributed by atoms with Crippen LogP contribution in [0.25, 0.3) is 11.0 Å². The van der Waals surface area contributed by atoms with Crippen molar-refractivity contribution in [1.29, 1.82) is 0 Å². The molecule has 1 aliphatic rings. The molecule has 0 bridgehead atoms. The van der Waals surface area contributed by atoms with Crippen LogP contribution in [0.5, 0.6) is 0 Å². The molecule has 0 unspecified atom stereocenters. The smallest absolute Gasteiger partial charge is 0.256 e. The van der Waals surface area contributed by atoms with Crippen LogP contribution in [0.2, 0.25) is 0 Å². The number of hydrogen-bond donors (Lipinski definition) is 2. The molecule has 1 atom stereocenters. The largest absolute Gasteiger partial charge is 0.355 e. The van der Waals surface area contributed by atoms with Crippen LogP contribution < -0.4 is 5.32 Å². The number of rotatable bonds is 7. The number of nitrogens with one attached hydrogen (secondary N) is 2. The summed E-state index contributed by atoms with van der Waals surface area (Å²) in [7, 11) is -3.19. The SMILES string of the molecule is CC(C)[C@@H](CN1Cc2c(F)cnc3[nH]cc(c23)C1=O)C(=O)NCCS(C)(=O)=O. The van der Waals surface area contributed by atoms with Gasteiger partial charge in [-0.25, -0.2) is 17.8 Å². The summed E-state index contributed by atoms with van der Waals surface area (Å²) < 4.78 is 36.8. The monoisotopic (exact) mass is 410 g/mol. The van der Waals surface area contributed by atoms with Crippen molar-refractivity contribution in [2.75, 3.05) is 25.1 Å². The Balaban J connectivity index is 1.78. The number of halogens is 1. The first-order chi connectivity index (χ1) is 13.1. The average Bonchev–Trinajstić information content (AvgIpc) is 3.02. The molecule has 0 aromatic carbocycles. The lowest BCUT2D eigenvalue weighted by Crippen LogP contribution is -2.45. The van der Waals surface area contributed by atoms with E-state index in [2.05, 4.69) is 15.3 Å². The van der Waals surface area contributed by atoms with Crippen LogP contribution >= 0.6 is 0 Å². The number of pyridine rings is 1. The molecule has 2 aromatic heterocycles. The van der Waals surface area contributed by atoms with Crippen LogP contribution in [0, 0.1) is 17.7 Å². The number of H-pyrrole nitrogens is 1. The maximum Gasteiger partial charge on any atom is 0.256 e. The van der Waals surface area contributed by atoms with E-state index < -0.39 is 21.6 Å². The molecule has 0 spiro atoms. The maximum absolute atomic E-state index is 14.3. The van der Waals surface area contributed by atoms with E-state index >= 15 is 0 Å². The first-order valence-corrected chi connectivity index (χ1v) is 11.0. The van der Waals surface area contributed by atoms with E-state index in [1.165, 1.54) is 11.1 Å². The molecule has 0 aliphatic carbocycles. The Morgan fingerprint density at radius 2 is 2.14 bits per heavy atom. The zero-order valence-corrected chi connectivity index (χ0v) is 16.8. The minimum absolute atomic E-state index is 0.0103. The fraction of sp³-hybridized carbons (Fsp3) is 0.500. The average molecular weight is 410 g/mol. The van der Waals surface area contributed by atoms with Crippen molar-refractivity contribution >= 4 is 32.7 Å². The number of aromatic nitrogens is 2. The number of aromatic amines is 1. The zero-order valence-electron chi connectivity index (χ0n) is 16.0. The molecular formula is C18H23FN4O4S. The quantitative estimate of drug-likeness (QED) is 0.710. The van der Waals surface area contributed by atoms with Gasteiger partial charge in [0.1, 0.15) is 21.3 Å². The number of nitrogens with zero attached hydrogens (tertiary/aromatic N) is 2. The van der Waals surface area contributed by atoms with Crippen molar-refractivity contribution in [2.24, 2.45) is 11.8 Å². The molecule has 28 heavy (non-hydrogen) atoms. The van der Waals surface area contributed by atoms with Gasteiger partial charge in [0, 0.05) is 43.0 Å². The molecule has 2 aromatic rings. The normalized spacial score (nSPS) is 15.3. The van der Waals surface area contributed by atoms with Gasteiger partial charge in [-0.1, -0.05) is 13.8 Å². The molecule has 2 amide bonds. The number of carbonyl (C=O) groups excluding carboxylic acids is 2. The summed E-state index contributed by atoms with van der Waals surface area (Å²) in [5.74, 6) is -1.92. The van der Waals surface area contributed by atoms with E-state index in [-0.39, 0.29) is 43.1 Å². The molecule has 0 fully saturated rings. The van der Waals surface area contributed by atoms with Crippen LogP contribution in [0.1, 0.15) is 29.8 Å². The fourth-order valence-corrected chi connectivity index (χ4v) is 3.84. The van der Waals surface area contributed by atoms with Gasteiger partial charge in [-0.2, -0.15) is 0 Å². The second-order valence-corrected chi connectivity index (χ2v) is 9.73. The summed E-state index contributed by atoms with van der Waals surface area (Å²) in [6, 6.07) is 0. The first-order valence-electron chi connectivity index (χ1n) is 8.97. The van der Waals surface area contributed by atoms with Gasteiger partial charge < -0.3 is 15.2 Å². The molecule has 0 radical (unpaired) electrons. The van der Waals surface area contributed by atoms with E-state index in [1.807, 2.05) is 13.8 Å². The third-order valence-electron chi connectivity index (χ3n) is 4.95. The Bertz CT molecular complexity index is 1030.